The molecule has 1 aromatic rings. The predicted molar refractivity (Wildman–Crippen MR) is 95.2 cm³/mol. The summed E-state index contributed by atoms with van der Waals surface area (Å²) in [6, 6.07) is 9.81. The van der Waals surface area contributed by atoms with Crippen LogP contribution in [0.1, 0.15) is 25.7 Å². The number of amides is 1. The van der Waals surface area contributed by atoms with Crippen LogP contribution in [0.25, 0.3) is 0 Å². The number of para-hydroxylation sites is 1. The Morgan fingerprint density at radius 1 is 1.17 bits per heavy atom. The number of carbonyl (C=O) groups excluding carboxylic acids is 1. The minimum absolute atomic E-state index is 0.166. The molecule has 1 N–H and O–H groups in total. The Morgan fingerprint density at radius 3 is 2.62 bits per heavy atom. The highest BCUT2D eigenvalue weighted by Crippen LogP contribution is 2.20. The molecule has 0 spiro atoms. The first-order valence-electron chi connectivity index (χ1n) is 8.96. The Morgan fingerprint density at radius 2 is 1.92 bits per heavy atom. The van der Waals surface area contributed by atoms with E-state index in [1.807, 2.05) is 30.3 Å². The molecule has 0 bridgehead atoms. The van der Waals surface area contributed by atoms with Crippen molar-refractivity contribution >= 4 is 5.91 Å². The van der Waals surface area contributed by atoms with Crippen molar-refractivity contribution in [2.45, 2.75) is 25.7 Å². The minimum Gasteiger partial charge on any atom is -0.491 e. The molecule has 1 amide bonds. The van der Waals surface area contributed by atoms with Crippen LogP contribution < -0.4 is 10.1 Å². The zero-order chi connectivity index (χ0) is 17.0. The number of hydrogen-bond donors (Lipinski definition) is 1. The molecule has 1 saturated heterocycles. The molecule has 5 heteroatoms. The number of carbonyl (C=O) groups is 1. The van der Waals surface area contributed by atoms with E-state index in [-0.39, 0.29) is 5.91 Å². The summed E-state index contributed by atoms with van der Waals surface area (Å²) in [5.74, 6) is 1.60. The maximum Gasteiger partial charge on any atom is 0.220 e. The summed E-state index contributed by atoms with van der Waals surface area (Å²) in [4.78, 5) is 13.9. The van der Waals surface area contributed by atoms with E-state index in [1.165, 1.54) is 0 Å². The molecule has 0 saturated carbocycles. The highest BCUT2D eigenvalue weighted by molar-refractivity contribution is 5.75. The lowest BCUT2D eigenvalue weighted by Gasteiger charge is -2.31. The average Bonchev–Trinajstić information content (AvgIpc) is 2.63. The molecule has 0 atom stereocenters. The zero-order valence-corrected chi connectivity index (χ0v) is 14.7. The Bertz CT molecular complexity index is 459. The molecule has 0 aromatic heterocycles. The van der Waals surface area contributed by atoms with Crippen LogP contribution in [0, 0.1) is 5.92 Å². The van der Waals surface area contributed by atoms with Gasteiger partial charge in [0.15, 0.2) is 0 Å². The molecule has 2 rings (SSSR count). The summed E-state index contributed by atoms with van der Waals surface area (Å²) in [6.45, 7) is 5.26. The van der Waals surface area contributed by atoms with E-state index in [4.69, 9.17) is 9.47 Å². The van der Waals surface area contributed by atoms with Crippen LogP contribution in [0.15, 0.2) is 30.3 Å². The second kappa shape index (κ2) is 11.0. The van der Waals surface area contributed by atoms with Crippen LogP contribution >= 0.6 is 0 Å². The molecule has 1 aromatic carbocycles. The molecule has 134 valence electrons. The Kier molecular flexibility index (Phi) is 8.63. The first-order valence-corrected chi connectivity index (χ1v) is 8.96. The standard InChI is InChI=1S/C19H30N2O3/c1-20-19(22)16-17-8-11-21(12-9-17)10-5-13-23-14-15-24-18-6-3-2-4-7-18/h2-4,6-7,17H,5,8-16H2,1H3,(H,20,22). The normalized spacial score (nSPS) is 16.0. The number of ether oxygens (including phenoxy) is 2. The molecule has 1 aliphatic heterocycles. The van der Waals surface area contributed by atoms with Crippen LogP contribution in [-0.2, 0) is 9.53 Å². The van der Waals surface area contributed by atoms with Gasteiger partial charge in [-0.3, -0.25) is 4.79 Å². The third-order valence-corrected chi connectivity index (χ3v) is 4.46. The summed E-state index contributed by atoms with van der Waals surface area (Å²) < 4.78 is 11.2. The van der Waals surface area contributed by atoms with Gasteiger partial charge in [-0.05, 0) is 50.4 Å². The Hall–Kier alpha value is -1.59. The van der Waals surface area contributed by atoms with Crippen molar-refractivity contribution in [2.75, 3.05) is 46.5 Å². The number of piperidine rings is 1. The Labute approximate surface area is 145 Å². The van der Waals surface area contributed by atoms with Gasteiger partial charge in [-0.1, -0.05) is 18.2 Å². The zero-order valence-electron chi connectivity index (χ0n) is 14.7. The number of rotatable bonds is 10. The number of benzene rings is 1. The lowest BCUT2D eigenvalue weighted by molar-refractivity contribution is -0.121. The molecule has 0 unspecified atom stereocenters. The summed E-state index contributed by atoms with van der Waals surface area (Å²) in [6.07, 6.45) is 3.97. The largest absolute Gasteiger partial charge is 0.491 e. The third kappa shape index (κ3) is 7.32. The van der Waals surface area contributed by atoms with E-state index in [1.54, 1.807) is 7.05 Å². The lowest BCUT2D eigenvalue weighted by atomic mass is 9.93. The second-order valence-corrected chi connectivity index (χ2v) is 6.29. The molecular formula is C19H30N2O3. The summed E-state index contributed by atoms with van der Waals surface area (Å²) in [5, 5.41) is 2.71. The number of hydrogen-bond acceptors (Lipinski definition) is 4. The van der Waals surface area contributed by atoms with Gasteiger partial charge in [0.05, 0.1) is 6.61 Å². The fourth-order valence-corrected chi connectivity index (χ4v) is 3.01. The van der Waals surface area contributed by atoms with Crippen molar-refractivity contribution in [2.24, 2.45) is 5.92 Å². The SMILES string of the molecule is CNC(=O)CC1CCN(CCCOCCOc2ccccc2)CC1. The molecule has 0 radical (unpaired) electrons. The number of nitrogens with zero attached hydrogens (tertiary/aromatic N) is 1. The highest BCUT2D eigenvalue weighted by atomic mass is 16.5. The smallest absolute Gasteiger partial charge is 0.220 e. The van der Waals surface area contributed by atoms with Gasteiger partial charge in [0.25, 0.3) is 0 Å². The van der Waals surface area contributed by atoms with E-state index in [2.05, 4.69) is 10.2 Å². The van der Waals surface area contributed by atoms with Gasteiger partial charge in [-0.25, -0.2) is 0 Å². The van der Waals surface area contributed by atoms with Gasteiger partial charge < -0.3 is 19.7 Å². The van der Waals surface area contributed by atoms with E-state index in [9.17, 15) is 4.79 Å². The maximum atomic E-state index is 11.4. The molecule has 5 nitrogen and oxygen atoms in total. The van der Waals surface area contributed by atoms with Crippen molar-refractivity contribution < 1.29 is 14.3 Å². The molecule has 0 aliphatic carbocycles. The van der Waals surface area contributed by atoms with E-state index < -0.39 is 0 Å². The van der Waals surface area contributed by atoms with Crippen molar-refractivity contribution in [3.05, 3.63) is 30.3 Å². The third-order valence-electron chi connectivity index (χ3n) is 4.46. The molecular weight excluding hydrogens is 304 g/mol. The van der Waals surface area contributed by atoms with Gasteiger partial charge in [-0.15, -0.1) is 0 Å². The van der Waals surface area contributed by atoms with E-state index >= 15 is 0 Å². The van der Waals surface area contributed by atoms with Crippen molar-refractivity contribution in [3.63, 3.8) is 0 Å². The number of likely N-dealkylation sites (tertiary alicyclic amines) is 1. The quantitative estimate of drug-likeness (QED) is 0.667. The lowest BCUT2D eigenvalue weighted by Crippen LogP contribution is -2.36. The summed E-state index contributed by atoms with van der Waals surface area (Å²) >= 11 is 0. The van der Waals surface area contributed by atoms with Gasteiger partial charge in [-0.2, -0.15) is 0 Å². The first-order chi connectivity index (χ1) is 11.8. The first kappa shape index (κ1) is 18.7. The van der Waals surface area contributed by atoms with Crippen LogP contribution in [-0.4, -0.2) is 57.3 Å². The monoisotopic (exact) mass is 334 g/mol. The number of nitrogens with one attached hydrogen (secondary N) is 1. The summed E-state index contributed by atoms with van der Waals surface area (Å²) in [7, 11) is 1.71. The van der Waals surface area contributed by atoms with Crippen LogP contribution in [0.3, 0.4) is 0 Å². The van der Waals surface area contributed by atoms with Crippen LogP contribution in [0.2, 0.25) is 0 Å². The van der Waals surface area contributed by atoms with Crippen molar-refractivity contribution in [1.82, 2.24) is 10.2 Å². The molecule has 24 heavy (non-hydrogen) atoms. The van der Waals surface area contributed by atoms with Gasteiger partial charge in [0.1, 0.15) is 12.4 Å². The van der Waals surface area contributed by atoms with Crippen molar-refractivity contribution in [1.29, 1.82) is 0 Å². The highest BCUT2D eigenvalue weighted by Gasteiger charge is 2.20. The van der Waals surface area contributed by atoms with Crippen LogP contribution in [0.4, 0.5) is 0 Å². The van der Waals surface area contributed by atoms with Gasteiger partial charge >= 0.3 is 0 Å². The second-order valence-electron chi connectivity index (χ2n) is 6.29. The maximum absolute atomic E-state index is 11.4. The van der Waals surface area contributed by atoms with Crippen molar-refractivity contribution in [3.8, 4) is 5.75 Å². The van der Waals surface area contributed by atoms with E-state index in [0.29, 0.717) is 25.6 Å². The van der Waals surface area contributed by atoms with Crippen LogP contribution in [0.5, 0.6) is 5.75 Å². The average molecular weight is 334 g/mol. The molecule has 1 aliphatic rings. The molecule has 1 fully saturated rings. The van der Waals surface area contributed by atoms with Gasteiger partial charge in [0.2, 0.25) is 5.91 Å². The minimum atomic E-state index is 0.166. The predicted octanol–water partition coefficient (Wildman–Crippen LogP) is 2.32. The fraction of sp³-hybridized carbons (Fsp3) is 0.632. The summed E-state index contributed by atoms with van der Waals surface area (Å²) in [5.41, 5.74) is 0. The topological polar surface area (TPSA) is 50.8 Å². The van der Waals surface area contributed by atoms with E-state index in [0.717, 1.165) is 51.3 Å². The molecule has 1 heterocycles. The fourth-order valence-electron chi connectivity index (χ4n) is 3.01. The Balaban J connectivity index is 1.43. The van der Waals surface area contributed by atoms with Gasteiger partial charge in [0, 0.05) is 26.6 Å².